The molecule has 0 radical (unpaired) electrons. The summed E-state index contributed by atoms with van der Waals surface area (Å²) in [6, 6.07) is 2.93. The number of piperazine rings is 1. The van der Waals surface area contributed by atoms with Crippen LogP contribution in [0, 0.1) is 0 Å². The van der Waals surface area contributed by atoms with Gasteiger partial charge >= 0.3 is 0 Å². The van der Waals surface area contributed by atoms with Gasteiger partial charge in [0.2, 0.25) is 0 Å². The molecule has 2 saturated heterocycles. The second-order valence-corrected chi connectivity index (χ2v) is 6.31. The number of nitrogens with one attached hydrogen (secondary N) is 1. The molecule has 1 aromatic rings. The molecule has 0 saturated carbocycles. The van der Waals surface area contributed by atoms with E-state index in [0.717, 1.165) is 25.7 Å². The van der Waals surface area contributed by atoms with E-state index < -0.39 is 0 Å². The molecule has 2 aliphatic rings. The van der Waals surface area contributed by atoms with Gasteiger partial charge in [-0.05, 0) is 44.0 Å². The molecule has 1 aromatic heterocycles. The Hall–Kier alpha value is -1.13. The summed E-state index contributed by atoms with van der Waals surface area (Å²) < 4.78 is 0. The zero-order valence-corrected chi connectivity index (χ0v) is 13.2. The summed E-state index contributed by atoms with van der Waals surface area (Å²) in [6.45, 7) is 9.07. The SMILES string of the molecule is CCCNCc1ccncc1N1CCN2CCCCC2C1. The molecule has 0 spiro atoms. The fraction of sp³-hybridized carbons (Fsp3) is 0.706. The third-order valence-electron chi connectivity index (χ3n) is 4.81. The standard InChI is InChI=1S/C17H28N4/c1-2-7-18-12-15-6-8-19-13-17(15)21-11-10-20-9-4-3-5-16(20)14-21/h6,8,13,16,18H,2-5,7,9-12,14H2,1H3. The van der Waals surface area contributed by atoms with Crippen LogP contribution in [0.25, 0.3) is 0 Å². The van der Waals surface area contributed by atoms with Crippen molar-refractivity contribution in [2.45, 2.75) is 45.2 Å². The summed E-state index contributed by atoms with van der Waals surface area (Å²) in [7, 11) is 0. The van der Waals surface area contributed by atoms with E-state index in [0.29, 0.717) is 0 Å². The number of fused-ring (bicyclic) bond motifs is 1. The molecule has 3 heterocycles. The Kier molecular flexibility index (Phi) is 5.09. The van der Waals surface area contributed by atoms with Crippen LogP contribution in [0.4, 0.5) is 5.69 Å². The minimum Gasteiger partial charge on any atom is -0.367 e. The van der Waals surface area contributed by atoms with Gasteiger partial charge < -0.3 is 10.2 Å². The first-order chi connectivity index (χ1) is 10.4. The molecule has 0 bridgehead atoms. The van der Waals surface area contributed by atoms with Crippen molar-refractivity contribution in [1.82, 2.24) is 15.2 Å². The summed E-state index contributed by atoms with van der Waals surface area (Å²) in [6.07, 6.45) is 9.30. The highest BCUT2D eigenvalue weighted by Gasteiger charge is 2.29. The zero-order chi connectivity index (χ0) is 14.5. The first-order valence-electron chi connectivity index (χ1n) is 8.51. The largest absolute Gasteiger partial charge is 0.367 e. The minimum atomic E-state index is 0.754. The van der Waals surface area contributed by atoms with Crippen molar-refractivity contribution in [3.05, 3.63) is 24.0 Å². The van der Waals surface area contributed by atoms with Gasteiger partial charge in [0, 0.05) is 38.4 Å². The molecule has 3 rings (SSSR count). The Labute approximate surface area is 128 Å². The van der Waals surface area contributed by atoms with Crippen LogP contribution in [0.3, 0.4) is 0 Å². The van der Waals surface area contributed by atoms with Gasteiger partial charge in [0.05, 0.1) is 11.9 Å². The molecule has 0 amide bonds. The number of hydrogen-bond acceptors (Lipinski definition) is 4. The predicted molar refractivity (Wildman–Crippen MR) is 87.7 cm³/mol. The quantitative estimate of drug-likeness (QED) is 0.842. The average molecular weight is 288 g/mol. The lowest BCUT2D eigenvalue weighted by Crippen LogP contribution is -2.55. The van der Waals surface area contributed by atoms with Gasteiger partial charge in [0.1, 0.15) is 0 Å². The Morgan fingerprint density at radius 3 is 3.14 bits per heavy atom. The van der Waals surface area contributed by atoms with Crippen LogP contribution in [0.1, 0.15) is 38.2 Å². The van der Waals surface area contributed by atoms with E-state index in [1.165, 1.54) is 56.6 Å². The van der Waals surface area contributed by atoms with E-state index in [4.69, 9.17) is 0 Å². The third-order valence-corrected chi connectivity index (χ3v) is 4.81. The van der Waals surface area contributed by atoms with Crippen molar-refractivity contribution < 1.29 is 0 Å². The minimum absolute atomic E-state index is 0.754. The predicted octanol–water partition coefficient (Wildman–Crippen LogP) is 2.26. The van der Waals surface area contributed by atoms with Crippen molar-refractivity contribution in [2.75, 3.05) is 37.6 Å². The molecule has 1 atom stereocenters. The number of hydrogen-bond donors (Lipinski definition) is 1. The van der Waals surface area contributed by atoms with Gasteiger partial charge in [0.15, 0.2) is 0 Å². The fourth-order valence-corrected chi connectivity index (χ4v) is 3.62. The Morgan fingerprint density at radius 2 is 2.24 bits per heavy atom. The molecule has 2 fully saturated rings. The zero-order valence-electron chi connectivity index (χ0n) is 13.2. The first kappa shape index (κ1) is 14.8. The lowest BCUT2D eigenvalue weighted by molar-refractivity contribution is 0.133. The molecule has 21 heavy (non-hydrogen) atoms. The van der Waals surface area contributed by atoms with E-state index >= 15 is 0 Å². The first-order valence-corrected chi connectivity index (χ1v) is 8.51. The van der Waals surface area contributed by atoms with Crippen molar-refractivity contribution in [3.63, 3.8) is 0 Å². The van der Waals surface area contributed by atoms with Gasteiger partial charge in [-0.25, -0.2) is 0 Å². The fourth-order valence-electron chi connectivity index (χ4n) is 3.62. The van der Waals surface area contributed by atoms with Crippen molar-refractivity contribution in [3.8, 4) is 0 Å². The van der Waals surface area contributed by atoms with Crippen LogP contribution in [-0.4, -0.2) is 48.6 Å². The average Bonchev–Trinajstić information content (AvgIpc) is 2.55. The topological polar surface area (TPSA) is 31.4 Å². The van der Waals surface area contributed by atoms with E-state index in [1.54, 1.807) is 0 Å². The van der Waals surface area contributed by atoms with Gasteiger partial charge in [0.25, 0.3) is 0 Å². The molecule has 1 unspecified atom stereocenters. The second kappa shape index (κ2) is 7.23. The van der Waals surface area contributed by atoms with Gasteiger partial charge in [-0.15, -0.1) is 0 Å². The molecule has 0 aromatic carbocycles. The third kappa shape index (κ3) is 3.55. The van der Waals surface area contributed by atoms with Gasteiger partial charge in [-0.1, -0.05) is 13.3 Å². The number of rotatable bonds is 5. The number of anilines is 1. The van der Waals surface area contributed by atoms with Crippen molar-refractivity contribution in [1.29, 1.82) is 0 Å². The van der Waals surface area contributed by atoms with Crippen LogP contribution in [-0.2, 0) is 6.54 Å². The number of nitrogens with zero attached hydrogens (tertiary/aromatic N) is 3. The van der Waals surface area contributed by atoms with E-state index in [9.17, 15) is 0 Å². The summed E-state index contributed by atoms with van der Waals surface area (Å²) >= 11 is 0. The number of piperidine rings is 1. The van der Waals surface area contributed by atoms with Crippen LogP contribution in [0.5, 0.6) is 0 Å². The van der Waals surface area contributed by atoms with Crippen LogP contribution in [0.15, 0.2) is 18.5 Å². The summed E-state index contributed by atoms with van der Waals surface area (Å²) in [4.78, 5) is 9.61. The molecule has 0 aliphatic carbocycles. The maximum atomic E-state index is 4.37. The molecule has 2 aliphatic heterocycles. The highest BCUT2D eigenvalue weighted by atomic mass is 15.3. The Balaban J connectivity index is 1.68. The smallest absolute Gasteiger partial charge is 0.0599 e. The lowest BCUT2D eigenvalue weighted by atomic mass is 9.99. The van der Waals surface area contributed by atoms with Crippen LogP contribution >= 0.6 is 0 Å². The molecule has 4 heteroatoms. The highest BCUT2D eigenvalue weighted by molar-refractivity contribution is 5.52. The van der Waals surface area contributed by atoms with Crippen molar-refractivity contribution in [2.24, 2.45) is 0 Å². The monoisotopic (exact) mass is 288 g/mol. The van der Waals surface area contributed by atoms with Gasteiger partial charge in [-0.3, -0.25) is 9.88 Å². The normalized spacial score (nSPS) is 23.1. The molecule has 1 N–H and O–H groups in total. The molecular formula is C17H28N4. The molecule has 116 valence electrons. The van der Waals surface area contributed by atoms with E-state index in [2.05, 4.69) is 39.3 Å². The van der Waals surface area contributed by atoms with E-state index in [1.807, 2.05) is 6.20 Å². The molecular weight excluding hydrogens is 260 g/mol. The summed E-state index contributed by atoms with van der Waals surface area (Å²) in [5.74, 6) is 0. The van der Waals surface area contributed by atoms with Crippen LogP contribution < -0.4 is 10.2 Å². The second-order valence-electron chi connectivity index (χ2n) is 6.31. The Bertz CT molecular complexity index is 448. The highest BCUT2D eigenvalue weighted by Crippen LogP contribution is 2.26. The van der Waals surface area contributed by atoms with Gasteiger partial charge in [-0.2, -0.15) is 0 Å². The number of aromatic nitrogens is 1. The summed E-state index contributed by atoms with van der Waals surface area (Å²) in [5.41, 5.74) is 2.73. The number of pyridine rings is 1. The van der Waals surface area contributed by atoms with Crippen molar-refractivity contribution >= 4 is 5.69 Å². The summed E-state index contributed by atoms with van der Waals surface area (Å²) in [5, 5.41) is 3.52. The maximum Gasteiger partial charge on any atom is 0.0599 e. The lowest BCUT2D eigenvalue weighted by Gasteiger charge is -2.45. The maximum absolute atomic E-state index is 4.37. The molecule has 4 nitrogen and oxygen atoms in total. The van der Waals surface area contributed by atoms with E-state index in [-0.39, 0.29) is 0 Å². The Morgan fingerprint density at radius 1 is 1.29 bits per heavy atom. The van der Waals surface area contributed by atoms with Crippen LogP contribution in [0.2, 0.25) is 0 Å².